The van der Waals surface area contributed by atoms with E-state index in [4.69, 9.17) is 10.5 Å². The minimum Gasteiger partial charge on any atom is -0.454 e. The number of ether oxygens (including phenoxy) is 1. The third-order valence-electron chi connectivity index (χ3n) is 4.03. The van der Waals surface area contributed by atoms with Crippen molar-refractivity contribution in [1.29, 1.82) is 0 Å². The average Bonchev–Trinajstić information content (AvgIpc) is 2.49. The van der Waals surface area contributed by atoms with Gasteiger partial charge in [0.05, 0.1) is 0 Å². The van der Waals surface area contributed by atoms with E-state index in [9.17, 15) is 4.39 Å². The van der Waals surface area contributed by atoms with E-state index >= 15 is 0 Å². The number of halogens is 1. The van der Waals surface area contributed by atoms with Crippen LogP contribution in [0.4, 0.5) is 4.39 Å². The van der Waals surface area contributed by atoms with Gasteiger partial charge in [-0.1, -0.05) is 12.1 Å². The first kappa shape index (κ1) is 14.1. The monoisotopic (exact) mass is 285 g/mol. The van der Waals surface area contributed by atoms with Crippen molar-refractivity contribution in [2.45, 2.75) is 38.6 Å². The summed E-state index contributed by atoms with van der Waals surface area (Å²) < 4.78 is 19.7. The van der Waals surface area contributed by atoms with Crippen molar-refractivity contribution >= 4 is 0 Å². The lowest BCUT2D eigenvalue weighted by molar-refractivity contribution is 0.440. The molecule has 0 bridgehead atoms. The third-order valence-corrected chi connectivity index (χ3v) is 4.03. The molecule has 2 aromatic carbocycles. The molecular formula is C18H20FNO. The summed E-state index contributed by atoms with van der Waals surface area (Å²) in [5.41, 5.74) is 9.24. The molecule has 0 saturated heterocycles. The van der Waals surface area contributed by atoms with Gasteiger partial charge in [-0.15, -0.1) is 0 Å². The van der Waals surface area contributed by atoms with Crippen LogP contribution in [0.25, 0.3) is 0 Å². The number of hydrogen-bond donors (Lipinski definition) is 1. The molecule has 3 heteroatoms. The fourth-order valence-electron chi connectivity index (χ4n) is 2.78. The van der Waals surface area contributed by atoms with Gasteiger partial charge >= 0.3 is 0 Å². The van der Waals surface area contributed by atoms with Gasteiger partial charge in [0.25, 0.3) is 0 Å². The van der Waals surface area contributed by atoms with E-state index in [0.717, 1.165) is 18.4 Å². The maximum Gasteiger partial charge on any atom is 0.166 e. The molecule has 0 radical (unpaired) electrons. The lowest BCUT2D eigenvalue weighted by atomic mass is 9.92. The van der Waals surface area contributed by atoms with E-state index in [1.165, 1.54) is 30.0 Å². The van der Waals surface area contributed by atoms with E-state index < -0.39 is 0 Å². The first-order valence-corrected chi connectivity index (χ1v) is 7.48. The molecule has 0 spiro atoms. The highest BCUT2D eigenvalue weighted by molar-refractivity contribution is 5.40. The Balaban J connectivity index is 1.83. The van der Waals surface area contributed by atoms with Crippen LogP contribution in [-0.4, -0.2) is 0 Å². The van der Waals surface area contributed by atoms with Crippen molar-refractivity contribution in [1.82, 2.24) is 0 Å². The first-order chi connectivity index (χ1) is 10.1. The molecule has 0 unspecified atom stereocenters. The quantitative estimate of drug-likeness (QED) is 0.900. The summed E-state index contributed by atoms with van der Waals surface area (Å²) in [7, 11) is 0. The number of nitrogens with two attached hydrogens (primary N) is 1. The Morgan fingerprint density at radius 3 is 2.52 bits per heavy atom. The number of aryl methyl sites for hydroxylation is 2. The van der Waals surface area contributed by atoms with Gasteiger partial charge in [0.1, 0.15) is 5.75 Å². The van der Waals surface area contributed by atoms with E-state index in [1.54, 1.807) is 6.07 Å². The van der Waals surface area contributed by atoms with E-state index in [0.29, 0.717) is 5.75 Å². The molecule has 1 atom stereocenters. The van der Waals surface area contributed by atoms with Crippen LogP contribution in [0.3, 0.4) is 0 Å². The largest absolute Gasteiger partial charge is 0.454 e. The molecule has 0 fully saturated rings. The van der Waals surface area contributed by atoms with Crippen LogP contribution in [0.1, 0.15) is 42.5 Å². The maximum atomic E-state index is 14.1. The molecule has 2 aromatic rings. The van der Waals surface area contributed by atoms with Crippen LogP contribution in [0.15, 0.2) is 36.4 Å². The average molecular weight is 285 g/mol. The molecule has 21 heavy (non-hydrogen) atoms. The predicted molar refractivity (Wildman–Crippen MR) is 82.2 cm³/mol. The molecule has 0 saturated carbocycles. The van der Waals surface area contributed by atoms with Crippen LogP contribution in [0.2, 0.25) is 0 Å². The fraction of sp³-hybridized carbons (Fsp3) is 0.333. The van der Waals surface area contributed by atoms with Crippen molar-refractivity contribution < 1.29 is 9.13 Å². The van der Waals surface area contributed by atoms with Gasteiger partial charge in [0, 0.05) is 6.04 Å². The second kappa shape index (κ2) is 5.86. The fourth-order valence-corrected chi connectivity index (χ4v) is 2.78. The number of fused-ring (bicyclic) bond motifs is 1. The molecule has 1 aliphatic rings. The Morgan fingerprint density at radius 2 is 1.81 bits per heavy atom. The van der Waals surface area contributed by atoms with Crippen LogP contribution >= 0.6 is 0 Å². The van der Waals surface area contributed by atoms with Crippen molar-refractivity contribution in [3.8, 4) is 11.5 Å². The summed E-state index contributed by atoms with van der Waals surface area (Å²) in [6.07, 6.45) is 4.68. The molecule has 0 amide bonds. The molecule has 0 aliphatic heterocycles. The van der Waals surface area contributed by atoms with Crippen LogP contribution < -0.4 is 10.5 Å². The Bertz CT molecular complexity index is 652. The van der Waals surface area contributed by atoms with Gasteiger partial charge in [-0.25, -0.2) is 4.39 Å². The minimum absolute atomic E-state index is 0.183. The van der Waals surface area contributed by atoms with Crippen LogP contribution in [-0.2, 0) is 12.8 Å². The van der Waals surface area contributed by atoms with Crippen molar-refractivity contribution in [3.05, 3.63) is 58.9 Å². The summed E-state index contributed by atoms with van der Waals surface area (Å²) in [4.78, 5) is 0. The number of benzene rings is 2. The predicted octanol–water partition coefficient (Wildman–Crippen LogP) is 4.52. The molecule has 110 valence electrons. The first-order valence-electron chi connectivity index (χ1n) is 7.48. The zero-order valence-electron chi connectivity index (χ0n) is 12.2. The normalized spacial score (nSPS) is 15.4. The van der Waals surface area contributed by atoms with Gasteiger partial charge in [-0.05, 0) is 73.6 Å². The van der Waals surface area contributed by atoms with Gasteiger partial charge < -0.3 is 10.5 Å². The van der Waals surface area contributed by atoms with Gasteiger partial charge in [-0.2, -0.15) is 0 Å². The molecule has 1 aliphatic carbocycles. The van der Waals surface area contributed by atoms with Crippen molar-refractivity contribution in [3.63, 3.8) is 0 Å². The summed E-state index contributed by atoms with van der Waals surface area (Å²) in [5.74, 6) is 0.570. The van der Waals surface area contributed by atoms with E-state index in [-0.39, 0.29) is 17.6 Å². The molecule has 2 N–H and O–H groups in total. The van der Waals surface area contributed by atoms with Crippen molar-refractivity contribution in [2.75, 3.05) is 0 Å². The smallest absolute Gasteiger partial charge is 0.166 e. The Morgan fingerprint density at radius 1 is 1.05 bits per heavy atom. The van der Waals surface area contributed by atoms with E-state index in [1.807, 2.05) is 25.1 Å². The number of hydrogen-bond acceptors (Lipinski definition) is 2. The van der Waals surface area contributed by atoms with Gasteiger partial charge in [-0.3, -0.25) is 0 Å². The van der Waals surface area contributed by atoms with Crippen molar-refractivity contribution in [2.24, 2.45) is 5.73 Å². The second-order valence-electron chi connectivity index (χ2n) is 5.72. The zero-order chi connectivity index (χ0) is 14.8. The highest BCUT2D eigenvalue weighted by atomic mass is 19.1. The van der Waals surface area contributed by atoms with Crippen LogP contribution in [0, 0.1) is 5.82 Å². The molecule has 0 aromatic heterocycles. The number of rotatable bonds is 3. The summed E-state index contributed by atoms with van der Waals surface area (Å²) in [6.45, 7) is 1.83. The summed E-state index contributed by atoms with van der Waals surface area (Å²) >= 11 is 0. The van der Waals surface area contributed by atoms with E-state index in [2.05, 4.69) is 6.07 Å². The SMILES string of the molecule is C[C@@H](N)c1ccc(Oc2ccc3c(c2)CCCC3)c(F)c1. The summed E-state index contributed by atoms with van der Waals surface area (Å²) in [5, 5.41) is 0. The highest BCUT2D eigenvalue weighted by Crippen LogP contribution is 2.30. The molecule has 3 rings (SSSR count). The minimum atomic E-state index is -0.373. The molecule has 0 heterocycles. The Hall–Kier alpha value is -1.87. The zero-order valence-corrected chi connectivity index (χ0v) is 12.2. The topological polar surface area (TPSA) is 35.2 Å². The lowest BCUT2D eigenvalue weighted by Crippen LogP contribution is -2.05. The lowest BCUT2D eigenvalue weighted by Gasteiger charge is -2.17. The Labute approximate surface area is 124 Å². The summed E-state index contributed by atoms with van der Waals surface area (Å²) in [6, 6.07) is 10.8. The second-order valence-corrected chi connectivity index (χ2v) is 5.72. The highest BCUT2D eigenvalue weighted by Gasteiger charge is 2.12. The molecule has 2 nitrogen and oxygen atoms in total. The maximum absolute atomic E-state index is 14.1. The van der Waals surface area contributed by atoms with Gasteiger partial charge in [0.2, 0.25) is 0 Å². The standard InChI is InChI=1S/C18H20FNO/c1-12(20)14-7-9-18(17(19)11-14)21-16-8-6-13-4-2-3-5-15(13)10-16/h6-12H,2-5,20H2,1H3/t12-/m1/s1. The third kappa shape index (κ3) is 3.08. The van der Waals surface area contributed by atoms with Crippen LogP contribution in [0.5, 0.6) is 11.5 Å². The Kier molecular flexibility index (Phi) is 3.93. The molecular weight excluding hydrogens is 265 g/mol. The van der Waals surface area contributed by atoms with Gasteiger partial charge in [0.15, 0.2) is 11.6 Å².